The lowest BCUT2D eigenvalue weighted by Crippen LogP contribution is -2.60. The highest BCUT2D eigenvalue weighted by Crippen LogP contribution is 2.20. The minimum Gasteiger partial charge on any atom is -0.369 e. The number of carbonyl (C=O) groups is 3. The second-order valence-electron chi connectivity index (χ2n) is 8.40. The lowest BCUT2D eigenvalue weighted by Gasteiger charge is -2.39. The van der Waals surface area contributed by atoms with Crippen molar-refractivity contribution in [3.8, 4) is 0 Å². The number of benzene rings is 2. The van der Waals surface area contributed by atoms with Gasteiger partial charge in [0.05, 0.1) is 13.0 Å². The second kappa shape index (κ2) is 11.1. The monoisotopic (exact) mass is 503 g/mol. The molecule has 0 saturated carbocycles. The third-order valence-electron chi connectivity index (χ3n) is 6.06. The van der Waals surface area contributed by atoms with E-state index in [-0.39, 0.29) is 30.7 Å². The SMILES string of the molecule is O=C(CC1C(=O)NCCN1C(=O)CN1CCN(c2ccc(Cl)cc2)CC1)Nc1cccc(Cl)c1. The van der Waals surface area contributed by atoms with Crippen LogP contribution in [0.5, 0.6) is 0 Å². The summed E-state index contributed by atoms with van der Waals surface area (Å²) in [5, 5.41) is 6.72. The molecule has 2 fully saturated rings. The number of hydrogen-bond acceptors (Lipinski definition) is 5. The summed E-state index contributed by atoms with van der Waals surface area (Å²) in [6, 6.07) is 13.7. The molecule has 34 heavy (non-hydrogen) atoms. The second-order valence-corrected chi connectivity index (χ2v) is 9.27. The molecule has 2 saturated heterocycles. The molecular formula is C24H27Cl2N5O3. The van der Waals surface area contributed by atoms with E-state index < -0.39 is 6.04 Å². The fourth-order valence-corrected chi connectivity index (χ4v) is 4.58. The van der Waals surface area contributed by atoms with Gasteiger partial charge >= 0.3 is 0 Å². The Morgan fingerprint density at radius 1 is 0.971 bits per heavy atom. The van der Waals surface area contributed by atoms with Crippen LogP contribution in [0.2, 0.25) is 10.0 Å². The summed E-state index contributed by atoms with van der Waals surface area (Å²) in [6.45, 7) is 4.02. The fraction of sp³-hybridized carbons (Fsp3) is 0.375. The van der Waals surface area contributed by atoms with Crippen molar-refractivity contribution in [2.75, 3.05) is 56.0 Å². The Hall–Kier alpha value is -2.81. The number of hydrogen-bond donors (Lipinski definition) is 2. The van der Waals surface area contributed by atoms with Gasteiger partial charge in [0.2, 0.25) is 17.7 Å². The minimum atomic E-state index is -0.837. The average Bonchev–Trinajstić information content (AvgIpc) is 2.81. The zero-order valence-corrected chi connectivity index (χ0v) is 20.2. The van der Waals surface area contributed by atoms with Crippen LogP contribution in [-0.4, -0.2) is 79.4 Å². The Morgan fingerprint density at radius 3 is 2.41 bits per heavy atom. The first kappa shape index (κ1) is 24.3. The van der Waals surface area contributed by atoms with E-state index in [1.807, 2.05) is 24.3 Å². The highest BCUT2D eigenvalue weighted by Gasteiger charge is 2.35. The third kappa shape index (κ3) is 6.20. The van der Waals surface area contributed by atoms with E-state index in [0.717, 1.165) is 31.9 Å². The van der Waals surface area contributed by atoms with Crippen molar-refractivity contribution < 1.29 is 14.4 Å². The summed E-state index contributed by atoms with van der Waals surface area (Å²) in [5.41, 5.74) is 1.65. The average molecular weight is 504 g/mol. The highest BCUT2D eigenvalue weighted by atomic mass is 35.5. The van der Waals surface area contributed by atoms with Crippen molar-refractivity contribution in [2.45, 2.75) is 12.5 Å². The standard InChI is InChI=1S/C24H27Cl2N5O3/c25-17-4-6-20(7-5-17)30-12-10-29(11-13-30)16-23(33)31-9-8-27-24(34)21(31)15-22(32)28-19-3-1-2-18(26)14-19/h1-7,14,21H,8-13,15-16H2,(H,27,34)(H,28,32). The first-order valence-corrected chi connectivity index (χ1v) is 12.0. The van der Waals surface area contributed by atoms with Crippen molar-refractivity contribution in [3.05, 3.63) is 58.6 Å². The summed E-state index contributed by atoms with van der Waals surface area (Å²) in [6.07, 6.45) is -0.117. The highest BCUT2D eigenvalue weighted by molar-refractivity contribution is 6.31. The summed E-state index contributed by atoms with van der Waals surface area (Å²) < 4.78 is 0. The van der Waals surface area contributed by atoms with Crippen molar-refractivity contribution in [1.29, 1.82) is 0 Å². The summed E-state index contributed by atoms with van der Waals surface area (Å²) in [5.74, 6) is -0.803. The number of anilines is 2. The molecule has 2 aliphatic heterocycles. The maximum atomic E-state index is 13.1. The van der Waals surface area contributed by atoms with E-state index >= 15 is 0 Å². The van der Waals surface area contributed by atoms with E-state index in [2.05, 4.69) is 20.4 Å². The molecule has 180 valence electrons. The molecule has 2 N–H and O–H groups in total. The van der Waals surface area contributed by atoms with E-state index in [0.29, 0.717) is 28.8 Å². The van der Waals surface area contributed by atoms with Gasteiger partial charge in [-0.15, -0.1) is 0 Å². The molecule has 8 nitrogen and oxygen atoms in total. The van der Waals surface area contributed by atoms with Crippen molar-refractivity contribution in [1.82, 2.24) is 15.1 Å². The molecule has 2 aromatic rings. The van der Waals surface area contributed by atoms with Crippen LogP contribution < -0.4 is 15.5 Å². The van der Waals surface area contributed by atoms with Gasteiger partial charge < -0.3 is 20.4 Å². The van der Waals surface area contributed by atoms with Crippen LogP contribution in [-0.2, 0) is 14.4 Å². The van der Waals surface area contributed by atoms with E-state index in [1.165, 1.54) is 4.90 Å². The van der Waals surface area contributed by atoms with Crippen LogP contribution in [0, 0.1) is 0 Å². The maximum absolute atomic E-state index is 13.1. The Morgan fingerprint density at radius 2 is 1.71 bits per heavy atom. The van der Waals surface area contributed by atoms with Gasteiger partial charge in [-0.3, -0.25) is 19.3 Å². The smallest absolute Gasteiger partial charge is 0.243 e. The lowest BCUT2D eigenvalue weighted by molar-refractivity contribution is -0.145. The van der Waals surface area contributed by atoms with Gasteiger partial charge in [0.25, 0.3) is 0 Å². The third-order valence-corrected chi connectivity index (χ3v) is 6.55. The van der Waals surface area contributed by atoms with Crippen LogP contribution in [0.15, 0.2) is 48.5 Å². The molecule has 2 aromatic carbocycles. The van der Waals surface area contributed by atoms with Gasteiger partial charge in [0.15, 0.2) is 0 Å². The van der Waals surface area contributed by atoms with E-state index in [9.17, 15) is 14.4 Å². The Bertz CT molecular complexity index is 1040. The Labute approximate surface area is 208 Å². The summed E-state index contributed by atoms with van der Waals surface area (Å²) in [7, 11) is 0. The molecule has 0 radical (unpaired) electrons. The van der Waals surface area contributed by atoms with Gasteiger partial charge in [-0.05, 0) is 42.5 Å². The van der Waals surface area contributed by atoms with E-state index in [4.69, 9.17) is 23.2 Å². The Balaban J connectivity index is 1.32. The van der Waals surface area contributed by atoms with Crippen LogP contribution >= 0.6 is 23.2 Å². The predicted molar refractivity (Wildman–Crippen MR) is 133 cm³/mol. The van der Waals surface area contributed by atoms with Crippen LogP contribution in [0.4, 0.5) is 11.4 Å². The number of nitrogens with zero attached hydrogens (tertiary/aromatic N) is 3. The first-order valence-electron chi connectivity index (χ1n) is 11.2. The number of piperazine rings is 2. The molecule has 1 unspecified atom stereocenters. The fourth-order valence-electron chi connectivity index (χ4n) is 4.27. The zero-order chi connectivity index (χ0) is 24.1. The van der Waals surface area contributed by atoms with E-state index in [1.54, 1.807) is 24.3 Å². The van der Waals surface area contributed by atoms with Gasteiger partial charge in [0, 0.05) is 60.7 Å². The maximum Gasteiger partial charge on any atom is 0.243 e. The molecule has 0 aromatic heterocycles. The molecule has 0 spiro atoms. The predicted octanol–water partition coefficient (Wildman–Crippen LogP) is 2.47. The van der Waals surface area contributed by atoms with Gasteiger partial charge in [-0.2, -0.15) is 0 Å². The number of amides is 3. The molecule has 0 bridgehead atoms. The molecule has 0 aliphatic carbocycles. The molecule has 2 heterocycles. The molecule has 1 atom stereocenters. The van der Waals surface area contributed by atoms with Crippen LogP contribution in [0.25, 0.3) is 0 Å². The minimum absolute atomic E-state index is 0.117. The molecule has 2 aliphatic rings. The summed E-state index contributed by atoms with van der Waals surface area (Å²) >= 11 is 11.9. The van der Waals surface area contributed by atoms with Gasteiger partial charge in [-0.25, -0.2) is 0 Å². The first-order chi connectivity index (χ1) is 16.4. The zero-order valence-electron chi connectivity index (χ0n) is 18.7. The number of rotatable bonds is 6. The van der Waals surface area contributed by atoms with Crippen molar-refractivity contribution >= 4 is 52.3 Å². The number of halogens is 2. The Kier molecular flexibility index (Phi) is 7.92. The quantitative estimate of drug-likeness (QED) is 0.632. The van der Waals surface area contributed by atoms with Crippen LogP contribution in [0.1, 0.15) is 6.42 Å². The van der Waals surface area contributed by atoms with Gasteiger partial charge in [-0.1, -0.05) is 29.3 Å². The van der Waals surface area contributed by atoms with Crippen molar-refractivity contribution in [2.24, 2.45) is 0 Å². The lowest BCUT2D eigenvalue weighted by atomic mass is 10.1. The number of carbonyl (C=O) groups excluding carboxylic acids is 3. The molecule has 3 amide bonds. The van der Waals surface area contributed by atoms with Gasteiger partial charge in [0.1, 0.15) is 6.04 Å². The summed E-state index contributed by atoms with van der Waals surface area (Å²) in [4.78, 5) is 44.1. The molecular weight excluding hydrogens is 477 g/mol. The topological polar surface area (TPSA) is 85.0 Å². The number of nitrogens with one attached hydrogen (secondary N) is 2. The largest absolute Gasteiger partial charge is 0.369 e. The van der Waals surface area contributed by atoms with Crippen molar-refractivity contribution in [3.63, 3.8) is 0 Å². The van der Waals surface area contributed by atoms with Crippen LogP contribution in [0.3, 0.4) is 0 Å². The molecule has 10 heteroatoms. The molecule has 4 rings (SSSR count). The normalized spacial score (nSPS) is 19.0.